The molecule has 11 heteroatoms. The number of aryl methyl sites for hydroxylation is 3. The predicted octanol–water partition coefficient (Wildman–Crippen LogP) is 4.09. The molecule has 0 bridgehead atoms. The summed E-state index contributed by atoms with van der Waals surface area (Å²) in [5.41, 5.74) is 4.79. The van der Waals surface area contributed by atoms with Gasteiger partial charge in [-0.2, -0.15) is 23.3 Å². The van der Waals surface area contributed by atoms with Gasteiger partial charge in [0.05, 0.1) is 42.3 Å². The van der Waals surface area contributed by atoms with E-state index in [-0.39, 0.29) is 25.4 Å². The van der Waals surface area contributed by atoms with Crippen molar-refractivity contribution in [2.75, 3.05) is 24.6 Å². The summed E-state index contributed by atoms with van der Waals surface area (Å²) in [5, 5.41) is 4.23. The minimum absolute atomic E-state index is 0.0368. The van der Waals surface area contributed by atoms with Gasteiger partial charge < -0.3 is 9.64 Å². The third-order valence-corrected chi connectivity index (χ3v) is 6.55. The summed E-state index contributed by atoms with van der Waals surface area (Å²) in [7, 11) is 1.85. The monoisotopic (exact) mass is 473 g/mol. The molecule has 180 valence electrons. The van der Waals surface area contributed by atoms with Crippen LogP contribution < -0.4 is 4.90 Å². The van der Waals surface area contributed by atoms with E-state index in [9.17, 15) is 13.2 Å². The molecule has 1 aliphatic heterocycles. The summed E-state index contributed by atoms with van der Waals surface area (Å²) in [6, 6.07) is 0. The highest BCUT2D eigenvalue weighted by molar-refractivity contribution is 5.86. The van der Waals surface area contributed by atoms with Gasteiger partial charge in [-0.15, -0.1) is 0 Å². The highest BCUT2D eigenvalue weighted by Gasteiger charge is 2.40. The molecule has 2 aliphatic rings. The fourth-order valence-corrected chi connectivity index (χ4v) is 4.45. The Labute approximate surface area is 194 Å². The maximum absolute atomic E-state index is 13.2. The number of hydrogen-bond donors (Lipinski definition) is 0. The quantitative estimate of drug-likeness (QED) is 0.567. The third kappa shape index (κ3) is 4.36. The molecule has 0 spiro atoms. The Morgan fingerprint density at radius 2 is 1.88 bits per heavy atom. The molecule has 34 heavy (non-hydrogen) atoms. The number of morpholine rings is 1. The van der Waals surface area contributed by atoms with Crippen LogP contribution in [0, 0.1) is 19.8 Å². The summed E-state index contributed by atoms with van der Waals surface area (Å²) < 4.78 is 47.3. The zero-order chi connectivity index (χ0) is 24.0. The van der Waals surface area contributed by atoms with Crippen LogP contribution in [-0.4, -0.2) is 55.6 Å². The molecule has 3 aromatic rings. The van der Waals surface area contributed by atoms with Crippen LogP contribution in [0.5, 0.6) is 0 Å². The molecule has 1 saturated heterocycles. The van der Waals surface area contributed by atoms with Gasteiger partial charge in [0.2, 0.25) is 5.95 Å². The molecule has 0 N–H and O–H groups in total. The number of halogens is 3. The lowest BCUT2D eigenvalue weighted by molar-refractivity contribution is -0.175. The van der Waals surface area contributed by atoms with Crippen LogP contribution in [-0.2, 0) is 11.8 Å². The molecule has 0 radical (unpaired) electrons. The zero-order valence-electron chi connectivity index (χ0n) is 19.3. The first-order valence-corrected chi connectivity index (χ1v) is 11.3. The maximum Gasteiger partial charge on any atom is 0.392 e. The van der Waals surface area contributed by atoms with Gasteiger partial charge in [-0.1, -0.05) is 6.08 Å². The number of anilines is 1. The van der Waals surface area contributed by atoms with Gasteiger partial charge in [0, 0.05) is 25.4 Å². The van der Waals surface area contributed by atoms with Crippen molar-refractivity contribution in [2.24, 2.45) is 13.0 Å². The lowest BCUT2D eigenvalue weighted by Gasteiger charge is -2.33. The molecule has 0 unspecified atom stereocenters. The highest BCUT2D eigenvalue weighted by atomic mass is 19.4. The number of nitrogens with zero attached hydrogens (tertiary/aromatic N) is 7. The zero-order valence-corrected chi connectivity index (χ0v) is 19.3. The second-order valence-electron chi connectivity index (χ2n) is 8.93. The van der Waals surface area contributed by atoms with E-state index in [1.54, 1.807) is 17.0 Å². The summed E-state index contributed by atoms with van der Waals surface area (Å²) in [6.45, 7) is 5.34. The van der Waals surface area contributed by atoms with Crippen LogP contribution in [0.25, 0.3) is 16.7 Å². The van der Waals surface area contributed by atoms with Crippen molar-refractivity contribution in [2.45, 2.75) is 45.4 Å². The predicted molar refractivity (Wildman–Crippen MR) is 120 cm³/mol. The third-order valence-electron chi connectivity index (χ3n) is 6.55. The van der Waals surface area contributed by atoms with Crippen molar-refractivity contribution < 1.29 is 17.9 Å². The Hall–Kier alpha value is -3.08. The summed E-state index contributed by atoms with van der Waals surface area (Å²) in [5.74, 6) is -0.838. The first-order chi connectivity index (χ1) is 16.2. The van der Waals surface area contributed by atoms with Crippen LogP contribution in [0.15, 0.2) is 18.5 Å². The normalized spacial score (nSPS) is 21.7. The van der Waals surface area contributed by atoms with E-state index in [1.165, 1.54) is 0 Å². The molecule has 5 rings (SSSR count). The van der Waals surface area contributed by atoms with E-state index < -0.39 is 12.1 Å². The number of aromatic nitrogens is 6. The maximum atomic E-state index is 13.2. The van der Waals surface area contributed by atoms with Crippen molar-refractivity contribution >= 4 is 22.7 Å². The molecular formula is C23H26F3N7O. The Balaban J connectivity index is 1.53. The van der Waals surface area contributed by atoms with Gasteiger partial charge in [0.1, 0.15) is 11.6 Å². The SMILES string of the molecule is Cc1nc2nc(N3CCO[C@@H](c4cnn(C)c4)C3)nc(C3=CC[C@H](C(F)(F)F)CC3)c2nc1C. The van der Waals surface area contributed by atoms with E-state index in [4.69, 9.17) is 14.7 Å². The Morgan fingerprint density at radius 1 is 1.09 bits per heavy atom. The molecular weight excluding hydrogens is 447 g/mol. The van der Waals surface area contributed by atoms with Crippen molar-refractivity contribution in [3.05, 3.63) is 41.1 Å². The summed E-state index contributed by atoms with van der Waals surface area (Å²) >= 11 is 0. The van der Waals surface area contributed by atoms with Crippen LogP contribution in [0.1, 0.15) is 48.0 Å². The molecule has 1 fully saturated rings. The molecule has 3 aromatic heterocycles. The van der Waals surface area contributed by atoms with Crippen LogP contribution in [0.3, 0.4) is 0 Å². The van der Waals surface area contributed by atoms with Crippen molar-refractivity contribution in [3.63, 3.8) is 0 Å². The number of allylic oxidation sites excluding steroid dienone is 2. The van der Waals surface area contributed by atoms with Crippen LogP contribution in [0.4, 0.5) is 19.1 Å². The molecule has 4 heterocycles. The largest absolute Gasteiger partial charge is 0.392 e. The minimum Gasteiger partial charge on any atom is -0.370 e. The number of rotatable bonds is 3. The standard InChI is InChI=1S/C23H26F3N7O/c1-13-14(2)29-21-20(28-13)19(15-4-6-17(7-5-15)23(24,25)26)30-22(31-21)33-8-9-34-18(12-33)16-10-27-32(3)11-16/h4,10-11,17-18H,5-9,12H2,1-3H3/t17-,18+/m0/s1. The van der Waals surface area contributed by atoms with Gasteiger partial charge >= 0.3 is 6.18 Å². The second kappa shape index (κ2) is 8.61. The Kier molecular flexibility index (Phi) is 5.75. The highest BCUT2D eigenvalue weighted by Crippen LogP contribution is 2.40. The first kappa shape index (κ1) is 22.7. The van der Waals surface area contributed by atoms with E-state index >= 15 is 0 Å². The molecule has 0 saturated carbocycles. The van der Waals surface area contributed by atoms with Crippen molar-refractivity contribution in [1.82, 2.24) is 29.7 Å². The Bertz CT molecular complexity index is 1250. The van der Waals surface area contributed by atoms with Gasteiger partial charge in [-0.05, 0) is 38.7 Å². The van der Waals surface area contributed by atoms with E-state index in [0.29, 0.717) is 42.5 Å². The van der Waals surface area contributed by atoms with E-state index in [0.717, 1.165) is 22.5 Å². The smallest absolute Gasteiger partial charge is 0.370 e. The molecule has 2 atom stereocenters. The molecule has 8 nitrogen and oxygen atoms in total. The van der Waals surface area contributed by atoms with Crippen LogP contribution >= 0.6 is 0 Å². The minimum atomic E-state index is -4.19. The molecule has 1 aliphatic carbocycles. The van der Waals surface area contributed by atoms with E-state index in [1.807, 2.05) is 32.0 Å². The van der Waals surface area contributed by atoms with Crippen LogP contribution in [0.2, 0.25) is 0 Å². The lowest BCUT2D eigenvalue weighted by atomic mass is 9.87. The summed E-state index contributed by atoms with van der Waals surface area (Å²) in [4.78, 5) is 20.9. The Morgan fingerprint density at radius 3 is 2.56 bits per heavy atom. The number of alkyl halides is 3. The lowest BCUT2D eigenvalue weighted by Crippen LogP contribution is -2.39. The first-order valence-electron chi connectivity index (χ1n) is 11.3. The number of hydrogen-bond acceptors (Lipinski definition) is 7. The molecule has 0 aromatic carbocycles. The fraction of sp³-hybridized carbons (Fsp3) is 0.522. The second-order valence-corrected chi connectivity index (χ2v) is 8.93. The van der Waals surface area contributed by atoms with Crippen molar-refractivity contribution in [1.29, 1.82) is 0 Å². The fourth-order valence-electron chi connectivity index (χ4n) is 4.45. The summed E-state index contributed by atoms with van der Waals surface area (Å²) in [6.07, 6.45) is 1.24. The number of fused-ring (bicyclic) bond motifs is 1. The van der Waals surface area contributed by atoms with E-state index in [2.05, 4.69) is 15.1 Å². The number of ether oxygens (including phenoxy) is 1. The molecule has 0 amide bonds. The topological polar surface area (TPSA) is 81.9 Å². The van der Waals surface area contributed by atoms with Gasteiger partial charge in [-0.25, -0.2) is 15.0 Å². The van der Waals surface area contributed by atoms with Gasteiger partial charge in [-0.3, -0.25) is 4.68 Å². The van der Waals surface area contributed by atoms with Gasteiger partial charge in [0.15, 0.2) is 5.65 Å². The van der Waals surface area contributed by atoms with Gasteiger partial charge in [0.25, 0.3) is 0 Å². The average Bonchev–Trinajstić information content (AvgIpc) is 3.25. The average molecular weight is 474 g/mol. The van der Waals surface area contributed by atoms with Crippen molar-refractivity contribution in [3.8, 4) is 0 Å².